The van der Waals surface area contributed by atoms with Gasteiger partial charge < -0.3 is 14.5 Å². The van der Waals surface area contributed by atoms with E-state index in [0.29, 0.717) is 12.2 Å². The van der Waals surface area contributed by atoms with Crippen molar-refractivity contribution in [2.75, 3.05) is 32.1 Å². The molecule has 0 aliphatic carbocycles. The molecule has 7 nitrogen and oxygen atoms in total. The summed E-state index contributed by atoms with van der Waals surface area (Å²) in [5.74, 6) is 1.77. The highest BCUT2D eigenvalue weighted by Gasteiger charge is 2.28. The van der Waals surface area contributed by atoms with E-state index in [1.54, 1.807) is 24.0 Å². The van der Waals surface area contributed by atoms with Crippen LogP contribution in [0.5, 0.6) is 11.5 Å². The van der Waals surface area contributed by atoms with E-state index in [1.165, 1.54) is 0 Å². The first kappa shape index (κ1) is 20.9. The van der Waals surface area contributed by atoms with Crippen molar-refractivity contribution in [3.05, 3.63) is 65.7 Å². The molecule has 0 saturated carbocycles. The summed E-state index contributed by atoms with van der Waals surface area (Å²) in [6.45, 7) is 3.39. The highest BCUT2D eigenvalue weighted by molar-refractivity contribution is 5.92. The molecule has 1 amide bonds. The van der Waals surface area contributed by atoms with E-state index in [1.807, 2.05) is 62.3 Å². The van der Waals surface area contributed by atoms with Crippen LogP contribution in [0.3, 0.4) is 0 Å². The number of piperidine rings is 1. The number of likely N-dealkylation sites (tertiary alicyclic amines) is 1. The maximum atomic E-state index is 12.9. The van der Waals surface area contributed by atoms with E-state index < -0.39 is 0 Å². The summed E-state index contributed by atoms with van der Waals surface area (Å²) < 4.78 is 7.75. The van der Waals surface area contributed by atoms with Crippen LogP contribution in [0.25, 0.3) is 0 Å². The Bertz CT molecular complexity index is 1060. The molecule has 1 aromatic carbocycles. The summed E-state index contributed by atoms with van der Waals surface area (Å²) in [6, 6.07) is 13.7. The number of amides is 1. The first-order chi connectivity index (χ1) is 14.9. The Morgan fingerprint density at radius 2 is 1.90 bits per heavy atom. The molecule has 0 bridgehead atoms. The zero-order valence-electron chi connectivity index (χ0n) is 18.6. The van der Waals surface area contributed by atoms with E-state index in [9.17, 15) is 4.79 Å². The monoisotopic (exact) mass is 419 g/mol. The van der Waals surface area contributed by atoms with Gasteiger partial charge in [0.2, 0.25) is 0 Å². The number of pyridine rings is 1. The predicted octanol–water partition coefficient (Wildman–Crippen LogP) is 4.00. The fourth-order valence-electron chi connectivity index (χ4n) is 4.03. The second kappa shape index (κ2) is 8.79. The van der Waals surface area contributed by atoms with Crippen LogP contribution >= 0.6 is 0 Å². The highest BCUT2D eigenvalue weighted by Crippen LogP contribution is 2.31. The second-order valence-corrected chi connectivity index (χ2v) is 8.29. The summed E-state index contributed by atoms with van der Waals surface area (Å²) in [7, 11) is 5.83. The summed E-state index contributed by atoms with van der Waals surface area (Å²) in [6.07, 6.45) is 3.61. The first-order valence-electron chi connectivity index (χ1n) is 10.6. The highest BCUT2D eigenvalue weighted by atomic mass is 16.5. The average Bonchev–Trinajstić information content (AvgIpc) is 3.19. The van der Waals surface area contributed by atoms with Crippen molar-refractivity contribution in [2.45, 2.75) is 25.7 Å². The molecule has 0 radical (unpaired) electrons. The molecule has 162 valence electrons. The predicted molar refractivity (Wildman–Crippen MR) is 121 cm³/mol. The Balaban J connectivity index is 1.51. The number of aryl methyl sites for hydroxylation is 2. The van der Waals surface area contributed by atoms with Crippen LogP contribution in [0.4, 0.5) is 5.69 Å². The maximum Gasteiger partial charge on any atom is 0.272 e. The van der Waals surface area contributed by atoms with Gasteiger partial charge in [-0.3, -0.25) is 14.5 Å². The molecule has 2 aromatic heterocycles. The number of hydrogen-bond donors (Lipinski definition) is 0. The summed E-state index contributed by atoms with van der Waals surface area (Å²) >= 11 is 0. The van der Waals surface area contributed by atoms with E-state index >= 15 is 0 Å². The summed E-state index contributed by atoms with van der Waals surface area (Å²) in [5, 5.41) is 4.13. The standard InChI is InChI=1S/C24H29N5O2/c1-17-14-21(31-20-9-7-19(8-10-20)27(2)3)15-22(26-17)18-6-5-13-29(16-18)24(30)23-11-12-25-28(23)4/h7-12,14-15,18H,5-6,13,16H2,1-4H3. The fourth-order valence-corrected chi connectivity index (χ4v) is 4.03. The molecule has 1 saturated heterocycles. The summed E-state index contributed by atoms with van der Waals surface area (Å²) in [5.41, 5.74) is 3.62. The van der Waals surface area contributed by atoms with Gasteiger partial charge in [0.1, 0.15) is 17.2 Å². The van der Waals surface area contributed by atoms with Crippen molar-refractivity contribution in [2.24, 2.45) is 7.05 Å². The number of carbonyl (C=O) groups is 1. The van der Waals surface area contributed by atoms with Crippen LogP contribution in [-0.4, -0.2) is 52.8 Å². The van der Waals surface area contributed by atoms with Crippen molar-refractivity contribution in [3.8, 4) is 11.5 Å². The third-order valence-corrected chi connectivity index (χ3v) is 5.70. The van der Waals surface area contributed by atoms with Crippen LogP contribution < -0.4 is 9.64 Å². The van der Waals surface area contributed by atoms with Gasteiger partial charge in [0.15, 0.2) is 0 Å². The van der Waals surface area contributed by atoms with E-state index in [4.69, 9.17) is 9.72 Å². The molecule has 1 fully saturated rings. The molecule has 1 atom stereocenters. The molecule has 1 aliphatic heterocycles. The maximum absolute atomic E-state index is 12.9. The number of ether oxygens (including phenoxy) is 1. The molecule has 31 heavy (non-hydrogen) atoms. The van der Waals surface area contributed by atoms with E-state index in [0.717, 1.165) is 48.0 Å². The number of rotatable bonds is 5. The molecule has 0 spiro atoms. The van der Waals surface area contributed by atoms with Crippen LogP contribution in [0.15, 0.2) is 48.7 Å². The lowest BCUT2D eigenvalue weighted by Gasteiger charge is -2.32. The van der Waals surface area contributed by atoms with E-state index in [-0.39, 0.29) is 11.8 Å². The minimum Gasteiger partial charge on any atom is -0.457 e. The molecule has 3 aromatic rings. The Morgan fingerprint density at radius 1 is 1.13 bits per heavy atom. The number of hydrogen-bond acceptors (Lipinski definition) is 5. The lowest BCUT2D eigenvalue weighted by Crippen LogP contribution is -2.40. The van der Waals surface area contributed by atoms with Crippen LogP contribution in [0.1, 0.15) is 40.6 Å². The Hall–Kier alpha value is -3.35. The number of aromatic nitrogens is 3. The van der Waals surface area contributed by atoms with Crippen molar-refractivity contribution >= 4 is 11.6 Å². The minimum absolute atomic E-state index is 0.0230. The van der Waals surface area contributed by atoms with Gasteiger partial charge in [-0.1, -0.05) is 0 Å². The van der Waals surface area contributed by atoms with Gasteiger partial charge in [-0.15, -0.1) is 0 Å². The number of anilines is 1. The van der Waals surface area contributed by atoms with Gasteiger partial charge >= 0.3 is 0 Å². The van der Waals surface area contributed by atoms with Crippen LogP contribution in [0.2, 0.25) is 0 Å². The number of nitrogens with zero attached hydrogens (tertiary/aromatic N) is 5. The molecule has 4 rings (SSSR count). The zero-order chi connectivity index (χ0) is 22.0. The quantitative estimate of drug-likeness (QED) is 0.625. The van der Waals surface area contributed by atoms with Gasteiger partial charge in [0.25, 0.3) is 5.91 Å². The normalized spacial score (nSPS) is 16.3. The first-order valence-corrected chi connectivity index (χ1v) is 10.6. The van der Waals surface area contributed by atoms with Crippen molar-refractivity contribution in [3.63, 3.8) is 0 Å². The number of carbonyl (C=O) groups excluding carboxylic acids is 1. The molecule has 1 aliphatic rings. The lowest BCUT2D eigenvalue weighted by molar-refractivity contribution is 0.0694. The van der Waals surface area contributed by atoms with E-state index in [2.05, 4.69) is 10.00 Å². The molecular weight excluding hydrogens is 390 g/mol. The Morgan fingerprint density at radius 3 is 2.58 bits per heavy atom. The number of benzene rings is 1. The third-order valence-electron chi connectivity index (χ3n) is 5.70. The fraction of sp³-hybridized carbons (Fsp3) is 0.375. The second-order valence-electron chi connectivity index (χ2n) is 8.29. The largest absolute Gasteiger partial charge is 0.457 e. The summed E-state index contributed by atoms with van der Waals surface area (Å²) in [4.78, 5) is 21.7. The molecule has 0 N–H and O–H groups in total. The van der Waals surface area contributed by atoms with Crippen molar-refractivity contribution in [1.29, 1.82) is 0 Å². The van der Waals surface area contributed by atoms with Gasteiger partial charge in [0.05, 0.1) is 0 Å². The van der Waals surface area contributed by atoms with Gasteiger partial charge in [-0.05, 0) is 50.1 Å². The topological polar surface area (TPSA) is 63.5 Å². The van der Waals surface area contributed by atoms with Crippen LogP contribution in [0, 0.1) is 6.92 Å². The third kappa shape index (κ3) is 4.71. The molecule has 1 unspecified atom stereocenters. The zero-order valence-corrected chi connectivity index (χ0v) is 18.6. The molecular formula is C24H29N5O2. The van der Waals surface area contributed by atoms with Gasteiger partial charge in [-0.25, -0.2) is 0 Å². The SMILES string of the molecule is Cc1cc(Oc2ccc(N(C)C)cc2)cc(C2CCCN(C(=O)c3ccnn3C)C2)n1. The van der Waals surface area contributed by atoms with Crippen LogP contribution in [-0.2, 0) is 7.05 Å². The Kier molecular flexibility index (Phi) is 5.93. The lowest BCUT2D eigenvalue weighted by atomic mass is 9.93. The smallest absolute Gasteiger partial charge is 0.272 e. The van der Waals surface area contributed by atoms with Gasteiger partial charge in [0, 0.05) is 75.6 Å². The van der Waals surface area contributed by atoms with Gasteiger partial charge in [-0.2, -0.15) is 5.10 Å². The van der Waals surface area contributed by atoms with Crippen molar-refractivity contribution in [1.82, 2.24) is 19.7 Å². The molecule has 3 heterocycles. The minimum atomic E-state index is 0.0230. The molecule has 7 heteroatoms. The average molecular weight is 420 g/mol. The Labute approximate surface area is 183 Å². The van der Waals surface area contributed by atoms with Crippen molar-refractivity contribution < 1.29 is 9.53 Å².